The molecule has 1 atom stereocenters. The van der Waals surface area contributed by atoms with Crippen molar-refractivity contribution >= 4 is 11.6 Å². The summed E-state index contributed by atoms with van der Waals surface area (Å²) >= 11 is 5.94. The van der Waals surface area contributed by atoms with Crippen LogP contribution < -0.4 is 5.73 Å². The van der Waals surface area contributed by atoms with Gasteiger partial charge in [0.1, 0.15) is 5.82 Å². The third kappa shape index (κ3) is 3.34. The minimum atomic E-state index is -0.211. The molecule has 0 saturated heterocycles. The van der Waals surface area contributed by atoms with Crippen molar-refractivity contribution in [3.8, 4) is 0 Å². The lowest BCUT2D eigenvalue weighted by Crippen LogP contribution is -2.15. The molecule has 0 fully saturated rings. The summed E-state index contributed by atoms with van der Waals surface area (Å²) in [6.07, 6.45) is 0.689. The summed E-state index contributed by atoms with van der Waals surface area (Å²) in [6, 6.07) is 10.4. The number of rotatable bonds is 3. The van der Waals surface area contributed by atoms with E-state index in [1.807, 2.05) is 32.0 Å². The second-order valence-corrected chi connectivity index (χ2v) is 5.32. The molecule has 3 heteroatoms. The molecule has 0 aromatic heterocycles. The van der Waals surface area contributed by atoms with Crippen LogP contribution in [-0.4, -0.2) is 0 Å². The molecule has 0 saturated carbocycles. The van der Waals surface area contributed by atoms with Crippen molar-refractivity contribution in [2.45, 2.75) is 26.3 Å². The summed E-state index contributed by atoms with van der Waals surface area (Å²) in [5.74, 6) is -0.211. The Bertz CT molecular complexity index is 595. The van der Waals surface area contributed by atoms with Gasteiger partial charge >= 0.3 is 0 Å². The lowest BCUT2D eigenvalue weighted by atomic mass is 9.94. The third-order valence-corrected chi connectivity index (χ3v) is 3.61. The second kappa shape index (κ2) is 5.72. The zero-order valence-corrected chi connectivity index (χ0v) is 11.8. The van der Waals surface area contributed by atoms with Gasteiger partial charge in [-0.2, -0.15) is 0 Å². The Morgan fingerprint density at radius 3 is 2.47 bits per heavy atom. The van der Waals surface area contributed by atoms with Crippen molar-refractivity contribution in [3.63, 3.8) is 0 Å². The van der Waals surface area contributed by atoms with Crippen molar-refractivity contribution < 1.29 is 4.39 Å². The minimum absolute atomic E-state index is 0.110. The Balaban J connectivity index is 2.23. The molecule has 0 radical (unpaired) electrons. The van der Waals surface area contributed by atoms with Crippen LogP contribution in [0.5, 0.6) is 0 Å². The highest BCUT2D eigenvalue weighted by atomic mass is 35.5. The molecule has 0 aliphatic carbocycles. The van der Waals surface area contributed by atoms with Crippen LogP contribution >= 0.6 is 11.6 Å². The van der Waals surface area contributed by atoms with Crippen molar-refractivity contribution in [1.29, 1.82) is 0 Å². The molecule has 1 unspecified atom stereocenters. The number of hydrogen-bond donors (Lipinski definition) is 1. The average molecular weight is 278 g/mol. The van der Waals surface area contributed by atoms with Gasteiger partial charge in [-0.1, -0.05) is 23.7 Å². The Morgan fingerprint density at radius 2 is 1.84 bits per heavy atom. The number of hydrogen-bond acceptors (Lipinski definition) is 1. The van der Waals surface area contributed by atoms with Crippen LogP contribution in [0.2, 0.25) is 5.02 Å². The summed E-state index contributed by atoms with van der Waals surface area (Å²) < 4.78 is 13.1. The van der Waals surface area contributed by atoms with Crippen LogP contribution in [0.3, 0.4) is 0 Å². The Hall–Kier alpha value is -1.38. The predicted molar refractivity (Wildman–Crippen MR) is 78.0 cm³/mol. The van der Waals surface area contributed by atoms with Crippen molar-refractivity contribution in [2.75, 3.05) is 0 Å². The monoisotopic (exact) mass is 277 g/mol. The molecular formula is C16H17ClFN. The molecule has 19 heavy (non-hydrogen) atoms. The fraction of sp³-hybridized carbons (Fsp3) is 0.250. The summed E-state index contributed by atoms with van der Waals surface area (Å²) in [6.45, 7) is 3.90. The number of nitrogens with two attached hydrogens (primary N) is 1. The molecule has 2 aromatic carbocycles. The highest BCUT2D eigenvalue weighted by molar-refractivity contribution is 6.30. The van der Waals surface area contributed by atoms with Crippen LogP contribution in [0.15, 0.2) is 36.4 Å². The standard InChI is InChI=1S/C16H17ClFN/c1-10-8-14(18)5-3-12(10)9-16(19)15-6-4-13(17)7-11(15)2/h3-8,16H,9,19H2,1-2H3. The largest absolute Gasteiger partial charge is 0.324 e. The first-order chi connectivity index (χ1) is 8.97. The highest BCUT2D eigenvalue weighted by Gasteiger charge is 2.11. The van der Waals surface area contributed by atoms with E-state index in [1.165, 1.54) is 12.1 Å². The van der Waals surface area contributed by atoms with E-state index in [4.69, 9.17) is 17.3 Å². The smallest absolute Gasteiger partial charge is 0.123 e. The van der Waals surface area contributed by atoms with Gasteiger partial charge in [-0.15, -0.1) is 0 Å². The van der Waals surface area contributed by atoms with Crippen LogP contribution in [0, 0.1) is 19.7 Å². The molecule has 1 nitrogen and oxygen atoms in total. The van der Waals surface area contributed by atoms with Gasteiger partial charge in [0.25, 0.3) is 0 Å². The van der Waals surface area contributed by atoms with E-state index in [0.29, 0.717) is 11.4 Å². The Kier molecular flexibility index (Phi) is 4.23. The maximum Gasteiger partial charge on any atom is 0.123 e. The molecule has 2 N–H and O–H groups in total. The topological polar surface area (TPSA) is 26.0 Å². The van der Waals surface area contributed by atoms with Gasteiger partial charge in [0.05, 0.1) is 0 Å². The first kappa shape index (κ1) is 14.0. The van der Waals surface area contributed by atoms with E-state index in [2.05, 4.69) is 0 Å². The molecular weight excluding hydrogens is 261 g/mol. The van der Waals surface area contributed by atoms with Crippen molar-refractivity contribution in [1.82, 2.24) is 0 Å². The molecule has 0 amide bonds. The number of halogens is 2. The molecule has 0 aliphatic heterocycles. The van der Waals surface area contributed by atoms with E-state index in [-0.39, 0.29) is 11.9 Å². The fourth-order valence-corrected chi connectivity index (χ4v) is 2.52. The summed E-state index contributed by atoms with van der Waals surface area (Å²) in [7, 11) is 0. The summed E-state index contributed by atoms with van der Waals surface area (Å²) in [4.78, 5) is 0. The third-order valence-electron chi connectivity index (χ3n) is 3.38. The molecule has 2 rings (SSSR count). The minimum Gasteiger partial charge on any atom is -0.324 e. The number of benzene rings is 2. The Labute approximate surface area is 118 Å². The maximum absolute atomic E-state index is 13.1. The zero-order chi connectivity index (χ0) is 14.0. The van der Waals surface area contributed by atoms with Gasteiger partial charge < -0.3 is 5.73 Å². The second-order valence-electron chi connectivity index (χ2n) is 4.88. The summed E-state index contributed by atoms with van der Waals surface area (Å²) in [5.41, 5.74) is 10.4. The van der Waals surface area contributed by atoms with E-state index in [9.17, 15) is 4.39 Å². The molecule has 100 valence electrons. The first-order valence-electron chi connectivity index (χ1n) is 6.24. The predicted octanol–water partition coefficient (Wildman–Crippen LogP) is 4.34. The summed E-state index contributed by atoms with van der Waals surface area (Å²) in [5, 5.41) is 0.714. The quantitative estimate of drug-likeness (QED) is 0.887. The normalized spacial score (nSPS) is 12.5. The maximum atomic E-state index is 13.1. The fourth-order valence-electron chi connectivity index (χ4n) is 2.29. The number of aryl methyl sites for hydroxylation is 2. The first-order valence-corrected chi connectivity index (χ1v) is 6.62. The lowest BCUT2D eigenvalue weighted by molar-refractivity contribution is 0.623. The Morgan fingerprint density at radius 1 is 1.11 bits per heavy atom. The van der Waals surface area contributed by atoms with Crippen LogP contribution in [0.1, 0.15) is 28.3 Å². The van der Waals surface area contributed by atoms with E-state index in [1.54, 1.807) is 6.07 Å². The van der Waals surface area contributed by atoms with Crippen LogP contribution in [-0.2, 0) is 6.42 Å². The lowest BCUT2D eigenvalue weighted by Gasteiger charge is -2.16. The molecule has 2 aromatic rings. The molecule has 0 aliphatic rings. The average Bonchev–Trinajstić information content (AvgIpc) is 2.32. The van der Waals surface area contributed by atoms with E-state index >= 15 is 0 Å². The van der Waals surface area contributed by atoms with Crippen molar-refractivity contribution in [3.05, 3.63) is 69.5 Å². The van der Waals surface area contributed by atoms with Gasteiger partial charge in [-0.3, -0.25) is 0 Å². The van der Waals surface area contributed by atoms with Crippen molar-refractivity contribution in [2.24, 2.45) is 5.73 Å². The zero-order valence-electron chi connectivity index (χ0n) is 11.1. The molecule has 0 heterocycles. The van der Waals surface area contributed by atoms with Gasteiger partial charge in [-0.05, 0) is 66.8 Å². The molecule has 0 bridgehead atoms. The van der Waals surface area contributed by atoms with Gasteiger partial charge in [0.2, 0.25) is 0 Å². The molecule has 0 spiro atoms. The van der Waals surface area contributed by atoms with E-state index in [0.717, 1.165) is 22.3 Å². The van der Waals surface area contributed by atoms with E-state index < -0.39 is 0 Å². The van der Waals surface area contributed by atoms with Crippen LogP contribution in [0.25, 0.3) is 0 Å². The van der Waals surface area contributed by atoms with Gasteiger partial charge in [0.15, 0.2) is 0 Å². The van der Waals surface area contributed by atoms with Crippen LogP contribution in [0.4, 0.5) is 4.39 Å². The SMILES string of the molecule is Cc1cc(F)ccc1CC(N)c1ccc(Cl)cc1C. The van der Waals surface area contributed by atoms with Gasteiger partial charge in [-0.25, -0.2) is 4.39 Å². The van der Waals surface area contributed by atoms with Gasteiger partial charge in [0, 0.05) is 11.1 Å². The highest BCUT2D eigenvalue weighted by Crippen LogP contribution is 2.24.